The van der Waals surface area contributed by atoms with E-state index in [0.29, 0.717) is 33.9 Å². The third-order valence-corrected chi connectivity index (χ3v) is 6.10. The van der Waals surface area contributed by atoms with Crippen molar-refractivity contribution in [1.29, 1.82) is 0 Å². The third-order valence-electron chi connectivity index (χ3n) is 5.60. The number of fused-ring (bicyclic) bond motifs is 2. The molecule has 0 spiro atoms. The molecule has 6 rings (SSSR count). The number of rotatable bonds is 4. The fraction of sp³-hybridized carbons (Fsp3) is 0.0833. The van der Waals surface area contributed by atoms with Gasteiger partial charge >= 0.3 is 0 Å². The number of ether oxygens (including phenoxy) is 2. The Hall–Kier alpha value is -3.98. The second-order valence-electron chi connectivity index (χ2n) is 7.51. The highest BCUT2D eigenvalue weighted by Crippen LogP contribution is 2.45. The first-order valence-electron chi connectivity index (χ1n) is 9.95. The van der Waals surface area contributed by atoms with Gasteiger partial charge in [-0.3, -0.25) is 14.5 Å². The highest BCUT2D eigenvalue weighted by Gasteiger charge is 2.47. The van der Waals surface area contributed by atoms with E-state index in [-0.39, 0.29) is 18.1 Å². The SMILES string of the molecule is O=C(C1=C(O)C(=O)N(c2ccc3c(c2)OCO3)C1c1ccco1)c1cc2cc(Br)ccc2o1. The van der Waals surface area contributed by atoms with Crippen molar-refractivity contribution in [2.24, 2.45) is 0 Å². The number of ketones is 1. The number of hydrogen-bond donors (Lipinski definition) is 1. The van der Waals surface area contributed by atoms with Gasteiger partial charge in [0.25, 0.3) is 5.91 Å². The van der Waals surface area contributed by atoms with Gasteiger partial charge in [-0.25, -0.2) is 0 Å². The molecule has 0 bridgehead atoms. The molecule has 2 aliphatic heterocycles. The molecule has 0 radical (unpaired) electrons. The number of hydrogen-bond acceptors (Lipinski definition) is 7. The van der Waals surface area contributed by atoms with Gasteiger partial charge in [-0.2, -0.15) is 0 Å². The average molecular weight is 508 g/mol. The minimum atomic E-state index is -1.000. The maximum absolute atomic E-state index is 13.5. The number of aliphatic hydroxyl groups is 1. The number of Topliss-reactive ketones (excluding diaryl/α,β-unsaturated/α-hetero) is 1. The summed E-state index contributed by atoms with van der Waals surface area (Å²) in [6.45, 7) is 0.0732. The lowest BCUT2D eigenvalue weighted by Crippen LogP contribution is -2.30. The molecule has 0 aliphatic carbocycles. The van der Waals surface area contributed by atoms with Crippen LogP contribution in [0.3, 0.4) is 0 Å². The Labute approximate surface area is 194 Å². The van der Waals surface area contributed by atoms with Crippen LogP contribution in [0.15, 0.2) is 85.5 Å². The van der Waals surface area contributed by atoms with E-state index in [4.69, 9.17) is 18.3 Å². The van der Waals surface area contributed by atoms with E-state index in [1.165, 1.54) is 11.2 Å². The Morgan fingerprint density at radius 1 is 1.06 bits per heavy atom. The van der Waals surface area contributed by atoms with Crippen LogP contribution < -0.4 is 14.4 Å². The fourth-order valence-electron chi connectivity index (χ4n) is 4.11. The lowest BCUT2D eigenvalue weighted by molar-refractivity contribution is -0.117. The molecule has 33 heavy (non-hydrogen) atoms. The van der Waals surface area contributed by atoms with Crippen molar-refractivity contribution in [2.75, 3.05) is 11.7 Å². The minimum absolute atomic E-state index is 0.00143. The number of aliphatic hydroxyl groups excluding tert-OH is 1. The Morgan fingerprint density at radius 2 is 1.91 bits per heavy atom. The summed E-state index contributed by atoms with van der Waals surface area (Å²) in [5.74, 6) is -0.702. The lowest BCUT2D eigenvalue weighted by atomic mass is 9.99. The van der Waals surface area contributed by atoms with Crippen molar-refractivity contribution in [3.8, 4) is 11.5 Å². The van der Waals surface area contributed by atoms with Crippen LogP contribution in [0.1, 0.15) is 22.4 Å². The Balaban J connectivity index is 1.47. The number of nitrogens with zero attached hydrogens (tertiary/aromatic N) is 1. The molecule has 1 amide bonds. The summed E-state index contributed by atoms with van der Waals surface area (Å²) < 4.78 is 22.9. The fourth-order valence-corrected chi connectivity index (χ4v) is 4.49. The number of furan rings is 2. The van der Waals surface area contributed by atoms with Gasteiger partial charge in [0.1, 0.15) is 17.4 Å². The van der Waals surface area contributed by atoms with Crippen LogP contribution in [0, 0.1) is 0 Å². The predicted octanol–water partition coefficient (Wildman–Crippen LogP) is 5.30. The molecule has 1 unspecified atom stereocenters. The topological polar surface area (TPSA) is 102 Å². The molecular formula is C24H14BrNO7. The molecule has 0 saturated heterocycles. The normalized spacial score (nSPS) is 17.4. The second kappa shape index (κ2) is 7.28. The van der Waals surface area contributed by atoms with Crippen LogP contribution >= 0.6 is 15.9 Å². The molecule has 0 saturated carbocycles. The second-order valence-corrected chi connectivity index (χ2v) is 8.43. The molecule has 1 N–H and O–H groups in total. The van der Waals surface area contributed by atoms with Gasteiger partial charge in [-0.1, -0.05) is 15.9 Å². The summed E-state index contributed by atoms with van der Waals surface area (Å²) >= 11 is 3.39. The van der Waals surface area contributed by atoms with Gasteiger partial charge in [0.2, 0.25) is 12.6 Å². The predicted molar refractivity (Wildman–Crippen MR) is 119 cm³/mol. The zero-order chi connectivity index (χ0) is 22.7. The van der Waals surface area contributed by atoms with Crippen molar-refractivity contribution in [3.63, 3.8) is 0 Å². The van der Waals surface area contributed by atoms with Gasteiger partial charge in [0.05, 0.1) is 11.8 Å². The molecule has 164 valence electrons. The minimum Gasteiger partial charge on any atom is -0.503 e. The molecule has 2 aromatic carbocycles. The highest BCUT2D eigenvalue weighted by atomic mass is 79.9. The van der Waals surface area contributed by atoms with Crippen LogP contribution in [0.5, 0.6) is 11.5 Å². The number of anilines is 1. The van der Waals surface area contributed by atoms with E-state index in [9.17, 15) is 14.7 Å². The van der Waals surface area contributed by atoms with Crippen molar-refractivity contribution >= 4 is 44.3 Å². The van der Waals surface area contributed by atoms with Crippen LogP contribution in [0.4, 0.5) is 5.69 Å². The van der Waals surface area contributed by atoms with Crippen LogP contribution in [-0.4, -0.2) is 23.6 Å². The molecule has 8 nitrogen and oxygen atoms in total. The monoisotopic (exact) mass is 507 g/mol. The van der Waals surface area contributed by atoms with Gasteiger partial charge in [0.15, 0.2) is 23.0 Å². The molecule has 9 heteroatoms. The summed E-state index contributed by atoms with van der Waals surface area (Å²) in [7, 11) is 0. The van der Waals surface area contributed by atoms with Crippen molar-refractivity contribution in [2.45, 2.75) is 6.04 Å². The van der Waals surface area contributed by atoms with Gasteiger partial charge in [-0.05, 0) is 48.5 Å². The van der Waals surface area contributed by atoms with E-state index < -0.39 is 23.5 Å². The summed E-state index contributed by atoms with van der Waals surface area (Å²) in [6, 6.07) is 14.1. The standard InChI is InChI=1S/C24H14BrNO7/c25-13-3-5-15-12(8-13)9-19(33-15)22(27)20-21(17-2-1-7-30-17)26(24(29)23(20)28)14-4-6-16-18(10-14)32-11-31-16/h1-10,21,28H,11H2. The maximum Gasteiger partial charge on any atom is 0.294 e. The van der Waals surface area contributed by atoms with E-state index >= 15 is 0 Å². The molecule has 0 fully saturated rings. The highest BCUT2D eigenvalue weighted by molar-refractivity contribution is 9.10. The van der Waals surface area contributed by atoms with Crippen LogP contribution in [0.25, 0.3) is 11.0 Å². The Morgan fingerprint density at radius 3 is 2.73 bits per heavy atom. The first-order chi connectivity index (χ1) is 16.0. The smallest absolute Gasteiger partial charge is 0.294 e. The largest absolute Gasteiger partial charge is 0.503 e. The molecule has 2 aromatic heterocycles. The zero-order valence-corrected chi connectivity index (χ0v) is 18.4. The third kappa shape index (κ3) is 3.04. The summed E-state index contributed by atoms with van der Waals surface area (Å²) in [5, 5.41) is 11.5. The molecule has 4 heterocycles. The van der Waals surface area contributed by atoms with E-state index in [1.807, 2.05) is 6.07 Å². The van der Waals surface area contributed by atoms with Gasteiger partial charge in [0, 0.05) is 21.6 Å². The molecule has 1 atom stereocenters. The van der Waals surface area contributed by atoms with E-state index in [2.05, 4.69) is 15.9 Å². The summed E-state index contributed by atoms with van der Waals surface area (Å²) in [4.78, 5) is 28.0. The average Bonchev–Trinajstić information content (AvgIpc) is 3.59. The zero-order valence-electron chi connectivity index (χ0n) is 16.8. The van der Waals surface area contributed by atoms with Crippen LogP contribution in [-0.2, 0) is 4.79 Å². The number of benzene rings is 2. The summed E-state index contributed by atoms with van der Waals surface area (Å²) in [6.07, 6.45) is 1.44. The van der Waals surface area contributed by atoms with Crippen molar-refractivity contribution in [1.82, 2.24) is 0 Å². The number of amides is 1. The van der Waals surface area contributed by atoms with E-state index in [1.54, 1.807) is 48.5 Å². The van der Waals surface area contributed by atoms with Crippen LogP contribution in [0.2, 0.25) is 0 Å². The molecule has 2 aliphatic rings. The Kier molecular flexibility index (Phi) is 4.34. The summed E-state index contributed by atoms with van der Waals surface area (Å²) in [5.41, 5.74) is 0.785. The number of carbonyl (C=O) groups excluding carboxylic acids is 2. The number of carbonyl (C=O) groups is 2. The first-order valence-corrected chi connectivity index (χ1v) is 10.7. The molecule has 4 aromatic rings. The van der Waals surface area contributed by atoms with Crippen molar-refractivity contribution in [3.05, 3.63) is 88.2 Å². The lowest BCUT2D eigenvalue weighted by Gasteiger charge is -2.24. The number of halogens is 1. The quantitative estimate of drug-likeness (QED) is 0.374. The maximum atomic E-state index is 13.5. The van der Waals surface area contributed by atoms with E-state index in [0.717, 1.165) is 4.47 Å². The van der Waals surface area contributed by atoms with Gasteiger partial charge in [-0.15, -0.1) is 0 Å². The molecular weight excluding hydrogens is 494 g/mol. The van der Waals surface area contributed by atoms with Gasteiger partial charge < -0.3 is 23.4 Å². The van der Waals surface area contributed by atoms with Crippen molar-refractivity contribution < 1.29 is 33.0 Å². The Bertz CT molecular complexity index is 1470. The first kappa shape index (κ1) is 19.7.